The van der Waals surface area contributed by atoms with Crippen molar-refractivity contribution in [3.63, 3.8) is 0 Å². The van der Waals surface area contributed by atoms with Gasteiger partial charge in [-0.3, -0.25) is 4.79 Å². The molecular weight excluding hydrogens is 250 g/mol. The molecule has 3 aliphatic carbocycles. The van der Waals surface area contributed by atoms with Crippen molar-refractivity contribution in [2.45, 2.75) is 75.9 Å². The maximum atomic E-state index is 12.3. The van der Waals surface area contributed by atoms with Crippen LogP contribution in [0.5, 0.6) is 0 Å². The third kappa shape index (κ3) is 3.01. The van der Waals surface area contributed by atoms with Crippen molar-refractivity contribution >= 4 is 5.91 Å². The Balaban J connectivity index is 1.55. The Labute approximate surface area is 122 Å². The van der Waals surface area contributed by atoms with Gasteiger partial charge < -0.3 is 16.8 Å². The standard InChI is InChI=1S/C16H29N3O/c17-13-7-11-4-1-5-12(8-13)16(11)19-15(20)9-10-3-2-6-14(10)18/h10-14,16H,1-9,17-18H2,(H,19,20)/t10-,11?,12?,13?,14+,16?/m0/s1. The van der Waals surface area contributed by atoms with E-state index in [0.29, 0.717) is 36.3 Å². The van der Waals surface area contributed by atoms with Gasteiger partial charge in [0.25, 0.3) is 0 Å². The fourth-order valence-electron chi connectivity index (χ4n) is 4.83. The van der Waals surface area contributed by atoms with Crippen LogP contribution in [0.1, 0.15) is 57.8 Å². The minimum absolute atomic E-state index is 0.227. The quantitative estimate of drug-likeness (QED) is 0.733. The SMILES string of the molecule is NC1CC2CCCC(C1)C2NC(=O)C[C@@H]1CCC[C@H]1N. The lowest BCUT2D eigenvalue weighted by Gasteiger charge is -2.45. The Kier molecular flexibility index (Phi) is 4.32. The molecular formula is C16H29N3O. The lowest BCUT2D eigenvalue weighted by molar-refractivity contribution is -0.124. The van der Waals surface area contributed by atoms with Crippen LogP contribution in [0.4, 0.5) is 0 Å². The molecule has 0 aromatic heterocycles. The minimum atomic E-state index is 0.227. The van der Waals surface area contributed by atoms with Crippen molar-refractivity contribution in [1.82, 2.24) is 5.32 Å². The number of rotatable bonds is 3. The van der Waals surface area contributed by atoms with E-state index in [2.05, 4.69) is 5.32 Å². The van der Waals surface area contributed by atoms with Gasteiger partial charge in [0.05, 0.1) is 0 Å². The normalized spacial score (nSPS) is 44.3. The molecule has 4 nitrogen and oxygen atoms in total. The van der Waals surface area contributed by atoms with Gasteiger partial charge in [0.15, 0.2) is 0 Å². The second-order valence-electron chi connectivity index (χ2n) is 7.33. The van der Waals surface area contributed by atoms with E-state index in [1.807, 2.05) is 0 Å². The average molecular weight is 279 g/mol. The van der Waals surface area contributed by atoms with E-state index < -0.39 is 0 Å². The van der Waals surface area contributed by atoms with Gasteiger partial charge in [-0.1, -0.05) is 12.8 Å². The van der Waals surface area contributed by atoms with Crippen LogP contribution in [0.15, 0.2) is 0 Å². The summed E-state index contributed by atoms with van der Waals surface area (Å²) in [4.78, 5) is 12.3. The second-order valence-corrected chi connectivity index (χ2v) is 7.33. The fraction of sp³-hybridized carbons (Fsp3) is 0.938. The molecule has 0 heterocycles. The number of carbonyl (C=O) groups excluding carboxylic acids is 1. The molecule has 0 aromatic rings. The maximum absolute atomic E-state index is 12.3. The average Bonchev–Trinajstić information content (AvgIpc) is 2.76. The molecule has 1 amide bonds. The molecule has 0 spiro atoms. The number of hydrogen-bond donors (Lipinski definition) is 3. The van der Waals surface area contributed by atoms with E-state index >= 15 is 0 Å². The van der Waals surface area contributed by atoms with Crippen molar-refractivity contribution in [2.24, 2.45) is 29.2 Å². The molecule has 3 aliphatic rings. The Hall–Kier alpha value is -0.610. The summed E-state index contributed by atoms with van der Waals surface area (Å²) >= 11 is 0. The molecule has 5 N–H and O–H groups in total. The van der Waals surface area contributed by atoms with Crippen molar-refractivity contribution in [3.8, 4) is 0 Å². The Morgan fingerprint density at radius 2 is 1.65 bits per heavy atom. The van der Waals surface area contributed by atoms with Crippen LogP contribution in [0.3, 0.4) is 0 Å². The summed E-state index contributed by atoms with van der Waals surface area (Å²) in [6.07, 6.45) is 9.97. The molecule has 2 bridgehead atoms. The summed E-state index contributed by atoms with van der Waals surface area (Å²) in [6.45, 7) is 0. The van der Waals surface area contributed by atoms with Gasteiger partial charge in [0.2, 0.25) is 5.91 Å². The van der Waals surface area contributed by atoms with Crippen LogP contribution in [-0.2, 0) is 4.79 Å². The van der Waals surface area contributed by atoms with Crippen LogP contribution >= 0.6 is 0 Å². The highest BCUT2D eigenvalue weighted by molar-refractivity contribution is 5.76. The highest BCUT2D eigenvalue weighted by Gasteiger charge is 2.40. The topological polar surface area (TPSA) is 81.1 Å². The van der Waals surface area contributed by atoms with Crippen molar-refractivity contribution in [3.05, 3.63) is 0 Å². The number of hydrogen-bond acceptors (Lipinski definition) is 3. The molecule has 0 aromatic carbocycles. The van der Waals surface area contributed by atoms with E-state index in [1.165, 1.54) is 25.7 Å². The van der Waals surface area contributed by atoms with Gasteiger partial charge in [-0.15, -0.1) is 0 Å². The van der Waals surface area contributed by atoms with Crippen LogP contribution < -0.4 is 16.8 Å². The van der Waals surface area contributed by atoms with Gasteiger partial charge in [0, 0.05) is 24.5 Å². The van der Waals surface area contributed by atoms with Gasteiger partial charge in [-0.2, -0.15) is 0 Å². The second kappa shape index (κ2) is 6.02. The Bertz CT molecular complexity index is 346. The summed E-state index contributed by atoms with van der Waals surface area (Å²) in [5, 5.41) is 3.34. The van der Waals surface area contributed by atoms with E-state index in [1.54, 1.807) is 0 Å². The van der Waals surface area contributed by atoms with Gasteiger partial charge in [0.1, 0.15) is 0 Å². The smallest absolute Gasteiger partial charge is 0.220 e. The Morgan fingerprint density at radius 1 is 1.00 bits per heavy atom. The molecule has 2 unspecified atom stereocenters. The number of amides is 1. The molecule has 0 aliphatic heterocycles. The number of nitrogens with two attached hydrogens (primary N) is 2. The van der Waals surface area contributed by atoms with E-state index in [0.717, 1.165) is 25.7 Å². The van der Waals surface area contributed by atoms with E-state index in [-0.39, 0.29) is 11.9 Å². The third-order valence-electron chi connectivity index (χ3n) is 5.87. The van der Waals surface area contributed by atoms with E-state index in [4.69, 9.17) is 11.5 Å². The third-order valence-corrected chi connectivity index (χ3v) is 5.87. The molecule has 0 radical (unpaired) electrons. The van der Waals surface area contributed by atoms with Gasteiger partial charge >= 0.3 is 0 Å². The Morgan fingerprint density at radius 3 is 2.25 bits per heavy atom. The number of carbonyl (C=O) groups is 1. The zero-order valence-electron chi connectivity index (χ0n) is 12.4. The van der Waals surface area contributed by atoms with Crippen LogP contribution in [0.25, 0.3) is 0 Å². The molecule has 0 saturated heterocycles. The molecule has 4 heteroatoms. The number of nitrogens with one attached hydrogen (secondary N) is 1. The first-order chi connectivity index (χ1) is 9.63. The predicted octanol–water partition coefficient (Wildman–Crippen LogP) is 1.53. The van der Waals surface area contributed by atoms with Crippen molar-refractivity contribution < 1.29 is 4.79 Å². The molecule has 20 heavy (non-hydrogen) atoms. The summed E-state index contributed by atoms with van der Waals surface area (Å²) in [5.41, 5.74) is 12.2. The van der Waals surface area contributed by atoms with E-state index in [9.17, 15) is 4.79 Å². The van der Waals surface area contributed by atoms with Crippen molar-refractivity contribution in [2.75, 3.05) is 0 Å². The molecule has 3 rings (SSSR count). The monoisotopic (exact) mass is 279 g/mol. The lowest BCUT2D eigenvalue weighted by atomic mass is 9.67. The predicted molar refractivity (Wildman–Crippen MR) is 79.9 cm³/mol. The van der Waals surface area contributed by atoms with Crippen LogP contribution in [0, 0.1) is 17.8 Å². The lowest BCUT2D eigenvalue weighted by Crippen LogP contribution is -2.54. The minimum Gasteiger partial charge on any atom is -0.353 e. The van der Waals surface area contributed by atoms with Crippen molar-refractivity contribution in [1.29, 1.82) is 0 Å². The van der Waals surface area contributed by atoms with Gasteiger partial charge in [-0.05, 0) is 56.3 Å². The van der Waals surface area contributed by atoms with Crippen LogP contribution in [0.2, 0.25) is 0 Å². The maximum Gasteiger partial charge on any atom is 0.220 e. The summed E-state index contributed by atoms with van der Waals surface area (Å²) in [6, 6.07) is 0.968. The molecule has 114 valence electrons. The largest absolute Gasteiger partial charge is 0.353 e. The van der Waals surface area contributed by atoms with Gasteiger partial charge in [-0.25, -0.2) is 0 Å². The summed E-state index contributed by atoms with van der Waals surface area (Å²) < 4.78 is 0. The summed E-state index contributed by atoms with van der Waals surface area (Å²) in [5.74, 6) is 1.85. The molecule has 3 saturated carbocycles. The molecule has 3 fully saturated rings. The first-order valence-corrected chi connectivity index (χ1v) is 8.44. The molecule has 4 atom stereocenters. The highest BCUT2D eigenvalue weighted by atomic mass is 16.1. The zero-order chi connectivity index (χ0) is 14.1. The highest BCUT2D eigenvalue weighted by Crippen LogP contribution is 2.39. The van der Waals surface area contributed by atoms with Crippen LogP contribution in [-0.4, -0.2) is 24.0 Å². The summed E-state index contributed by atoms with van der Waals surface area (Å²) in [7, 11) is 0. The fourth-order valence-corrected chi connectivity index (χ4v) is 4.83. The number of fused-ring (bicyclic) bond motifs is 2. The first-order valence-electron chi connectivity index (χ1n) is 8.44. The zero-order valence-corrected chi connectivity index (χ0v) is 12.4. The first kappa shape index (κ1) is 14.3.